The monoisotopic (exact) mass is 451 g/mol. The minimum atomic E-state index is 0.341. The average molecular weight is 452 g/mol. The summed E-state index contributed by atoms with van der Waals surface area (Å²) in [5.41, 5.74) is 4.45. The van der Waals surface area contributed by atoms with Gasteiger partial charge in [-0.25, -0.2) is 0 Å². The highest BCUT2D eigenvalue weighted by Gasteiger charge is 2.12. The van der Waals surface area contributed by atoms with Gasteiger partial charge in [-0.15, -0.1) is 0 Å². The van der Waals surface area contributed by atoms with E-state index in [1.54, 1.807) is 0 Å². The molecule has 5 nitrogen and oxygen atoms in total. The predicted molar refractivity (Wildman–Crippen MR) is 129 cm³/mol. The zero-order chi connectivity index (χ0) is 22.0. The average Bonchev–Trinajstić information content (AvgIpc) is 3.44. The summed E-state index contributed by atoms with van der Waals surface area (Å²) >= 11 is 12.4. The second-order valence-electron chi connectivity index (χ2n) is 7.57. The van der Waals surface area contributed by atoms with Crippen molar-refractivity contribution in [3.8, 4) is 6.07 Å². The lowest BCUT2D eigenvalue weighted by molar-refractivity contribution is 0.860. The van der Waals surface area contributed by atoms with Crippen molar-refractivity contribution in [1.82, 2.24) is 14.5 Å². The molecule has 0 aliphatic carbocycles. The van der Waals surface area contributed by atoms with Crippen LogP contribution < -0.4 is 5.32 Å². The molecule has 0 unspecified atom stereocenters. The van der Waals surface area contributed by atoms with Crippen LogP contribution in [-0.2, 0) is 13.1 Å². The molecule has 1 N–H and O–H groups in total. The molecule has 0 radical (unpaired) electrons. The highest BCUT2D eigenvalue weighted by molar-refractivity contribution is 6.35. The summed E-state index contributed by atoms with van der Waals surface area (Å²) in [4.78, 5) is 4.42. The van der Waals surface area contributed by atoms with Crippen LogP contribution in [0.1, 0.15) is 11.1 Å². The van der Waals surface area contributed by atoms with E-state index in [0.29, 0.717) is 11.6 Å². The van der Waals surface area contributed by atoms with Crippen LogP contribution in [0.25, 0.3) is 21.8 Å². The highest BCUT2D eigenvalue weighted by atomic mass is 35.5. The Kier molecular flexibility index (Phi) is 6.22. The van der Waals surface area contributed by atoms with Crippen LogP contribution in [0.15, 0.2) is 53.8 Å². The molecular weight excluding hydrogens is 429 g/mol. The molecule has 0 saturated heterocycles. The van der Waals surface area contributed by atoms with E-state index < -0.39 is 0 Å². The van der Waals surface area contributed by atoms with Crippen LogP contribution in [0.4, 0.5) is 0 Å². The number of halogens is 2. The van der Waals surface area contributed by atoms with Gasteiger partial charge in [-0.2, -0.15) is 5.26 Å². The summed E-state index contributed by atoms with van der Waals surface area (Å²) in [7, 11) is 0. The second kappa shape index (κ2) is 9.05. The molecule has 3 heterocycles. The van der Waals surface area contributed by atoms with Crippen LogP contribution in [-0.4, -0.2) is 28.1 Å². The van der Waals surface area contributed by atoms with Gasteiger partial charge in [-0.05, 0) is 37.1 Å². The molecule has 4 aromatic rings. The van der Waals surface area contributed by atoms with Gasteiger partial charge in [-0.1, -0.05) is 47.5 Å². The molecule has 7 heteroatoms. The number of hydrogen-bond donors (Lipinski definition) is 1. The first kappa shape index (κ1) is 21.3. The van der Waals surface area contributed by atoms with Crippen molar-refractivity contribution in [2.24, 2.45) is 4.99 Å². The molecule has 0 atom stereocenters. The Morgan fingerprint density at radius 3 is 2.10 bits per heavy atom. The van der Waals surface area contributed by atoms with Crippen molar-refractivity contribution < 1.29 is 0 Å². The van der Waals surface area contributed by atoms with Gasteiger partial charge in [0.1, 0.15) is 12.4 Å². The quantitative estimate of drug-likeness (QED) is 0.432. The summed E-state index contributed by atoms with van der Waals surface area (Å²) in [6.07, 6.45) is 4.10. The number of fused-ring (bicyclic) bond motifs is 2. The van der Waals surface area contributed by atoms with Gasteiger partial charge in [0.05, 0.1) is 40.2 Å². The Morgan fingerprint density at radius 2 is 1.55 bits per heavy atom. The smallest absolute Gasteiger partial charge is 0.117 e. The van der Waals surface area contributed by atoms with Crippen LogP contribution in [0.5, 0.6) is 0 Å². The minimum Gasteiger partial charge on any atom is -0.370 e. The number of rotatable bonds is 3. The number of aromatic nitrogens is 2. The number of benzene rings is 2. The maximum Gasteiger partial charge on any atom is 0.117 e. The predicted octanol–water partition coefficient (Wildman–Crippen LogP) is 5.73. The molecule has 0 saturated carbocycles. The molecule has 1 aliphatic rings. The standard InChI is InChI=1S/C13H14ClN3.C11H9ClN2/c1-9-7-17(8-12-15-5-6-16-12)13-10(9)3-2-4-11(13)14;1-8-7-14(6-5-13)11-9(8)3-2-4-10(11)12/h2-4,7H,5-6,8H2,1H3,(H,15,16);2-4,7H,6H2,1H3. The number of nitrogens with zero attached hydrogens (tertiary/aromatic N) is 4. The van der Waals surface area contributed by atoms with Crippen LogP contribution in [0.2, 0.25) is 10.0 Å². The van der Waals surface area contributed by atoms with Gasteiger partial charge >= 0.3 is 0 Å². The Hall–Kier alpha value is -2.94. The van der Waals surface area contributed by atoms with Crippen molar-refractivity contribution >= 4 is 50.8 Å². The Morgan fingerprint density at radius 1 is 0.968 bits per heavy atom. The minimum absolute atomic E-state index is 0.341. The first-order valence-corrected chi connectivity index (χ1v) is 10.9. The van der Waals surface area contributed by atoms with E-state index in [2.05, 4.69) is 40.1 Å². The van der Waals surface area contributed by atoms with Gasteiger partial charge in [0.2, 0.25) is 0 Å². The lowest BCUT2D eigenvalue weighted by Gasteiger charge is -2.07. The third-order valence-corrected chi connectivity index (χ3v) is 6.01. The van der Waals surface area contributed by atoms with Gasteiger partial charge in [-0.3, -0.25) is 4.99 Å². The molecule has 0 bridgehead atoms. The number of aryl methyl sites for hydroxylation is 2. The topological polar surface area (TPSA) is 58.0 Å². The van der Waals surface area contributed by atoms with E-state index in [4.69, 9.17) is 28.5 Å². The number of nitriles is 1. The molecule has 0 spiro atoms. The van der Waals surface area contributed by atoms with Crippen LogP contribution in [0, 0.1) is 25.2 Å². The molecule has 5 rings (SSSR count). The van der Waals surface area contributed by atoms with Gasteiger partial charge < -0.3 is 14.5 Å². The molecule has 158 valence electrons. The molecule has 0 amide bonds. The first-order valence-electron chi connectivity index (χ1n) is 10.1. The maximum absolute atomic E-state index is 8.67. The van der Waals surface area contributed by atoms with E-state index in [1.165, 1.54) is 10.9 Å². The molecule has 2 aromatic carbocycles. The number of hydrogen-bond acceptors (Lipinski definition) is 3. The Bertz CT molecular complexity index is 1320. The number of nitrogens with one attached hydrogen (secondary N) is 1. The largest absolute Gasteiger partial charge is 0.370 e. The number of aliphatic imine (C=N–C) groups is 1. The van der Waals surface area contributed by atoms with E-state index in [0.717, 1.165) is 52.5 Å². The summed E-state index contributed by atoms with van der Waals surface area (Å²) < 4.78 is 4.05. The van der Waals surface area contributed by atoms with E-state index >= 15 is 0 Å². The summed E-state index contributed by atoms with van der Waals surface area (Å²) in [5.74, 6) is 1.04. The molecule has 2 aromatic heterocycles. The van der Waals surface area contributed by atoms with Gasteiger partial charge in [0.15, 0.2) is 0 Å². The lowest BCUT2D eigenvalue weighted by Crippen LogP contribution is -2.23. The summed E-state index contributed by atoms with van der Waals surface area (Å²) in [6, 6.07) is 13.9. The fraction of sp³-hybridized carbons (Fsp3) is 0.250. The summed E-state index contributed by atoms with van der Waals surface area (Å²) in [6.45, 7) is 7.07. The third kappa shape index (κ3) is 4.27. The van der Waals surface area contributed by atoms with Crippen molar-refractivity contribution in [3.63, 3.8) is 0 Å². The fourth-order valence-electron chi connectivity index (χ4n) is 4.03. The second-order valence-corrected chi connectivity index (χ2v) is 8.38. The lowest BCUT2D eigenvalue weighted by atomic mass is 10.2. The zero-order valence-electron chi connectivity index (χ0n) is 17.5. The molecule has 0 fully saturated rings. The van der Waals surface area contributed by atoms with Crippen molar-refractivity contribution in [1.29, 1.82) is 5.26 Å². The van der Waals surface area contributed by atoms with Crippen LogP contribution in [0.3, 0.4) is 0 Å². The number of para-hydroxylation sites is 2. The zero-order valence-corrected chi connectivity index (χ0v) is 19.0. The van der Waals surface area contributed by atoms with E-state index in [1.807, 2.05) is 48.0 Å². The van der Waals surface area contributed by atoms with E-state index in [-0.39, 0.29) is 0 Å². The van der Waals surface area contributed by atoms with Crippen LogP contribution >= 0.6 is 23.2 Å². The van der Waals surface area contributed by atoms with Gasteiger partial charge in [0.25, 0.3) is 0 Å². The Balaban J connectivity index is 0.000000152. The van der Waals surface area contributed by atoms with E-state index in [9.17, 15) is 0 Å². The third-order valence-electron chi connectivity index (χ3n) is 5.40. The maximum atomic E-state index is 8.67. The highest BCUT2D eigenvalue weighted by Crippen LogP contribution is 2.28. The normalized spacial score (nSPS) is 12.9. The first-order chi connectivity index (χ1) is 15.0. The summed E-state index contributed by atoms with van der Waals surface area (Å²) in [5, 5.41) is 15.8. The fourth-order valence-corrected chi connectivity index (χ4v) is 4.59. The van der Waals surface area contributed by atoms with Crippen molar-refractivity contribution in [3.05, 3.63) is 70.0 Å². The molecular formula is C24H23Cl2N5. The number of amidine groups is 1. The molecule has 1 aliphatic heterocycles. The Labute approximate surface area is 191 Å². The molecule has 31 heavy (non-hydrogen) atoms. The van der Waals surface area contributed by atoms with Crippen molar-refractivity contribution in [2.75, 3.05) is 13.1 Å². The van der Waals surface area contributed by atoms with Gasteiger partial charge in [0, 0.05) is 29.7 Å². The SMILES string of the molecule is Cc1cn(CC#N)c2c(Cl)cccc12.Cc1cn(CC2=NCCN2)c2c(Cl)cccc12. The van der Waals surface area contributed by atoms with Crippen molar-refractivity contribution in [2.45, 2.75) is 26.9 Å².